The molecule has 0 aliphatic carbocycles. The molecular weight excluding hydrogens is 471 g/mol. The van der Waals surface area contributed by atoms with Gasteiger partial charge in [-0.15, -0.1) is 0 Å². The Labute approximate surface area is 198 Å². The van der Waals surface area contributed by atoms with Gasteiger partial charge in [0.2, 0.25) is 0 Å². The van der Waals surface area contributed by atoms with E-state index in [1.807, 2.05) is 12.1 Å². The number of allylic oxidation sites excluding steroid dienone is 2. The van der Waals surface area contributed by atoms with Crippen LogP contribution in [0.3, 0.4) is 0 Å². The monoisotopic (exact) mass is 496 g/mol. The van der Waals surface area contributed by atoms with Crippen molar-refractivity contribution in [3.05, 3.63) is 51.9 Å². The summed E-state index contributed by atoms with van der Waals surface area (Å²) < 4.78 is 28.6. The number of rotatable bonds is 6. The highest BCUT2D eigenvalue weighted by molar-refractivity contribution is 7.90. The number of sulfonamides is 1. The lowest BCUT2D eigenvalue weighted by molar-refractivity contribution is 0.585. The van der Waals surface area contributed by atoms with Crippen molar-refractivity contribution in [3.8, 4) is 11.1 Å². The molecule has 1 aliphatic rings. The second-order valence-electron chi connectivity index (χ2n) is 7.38. The number of hydrogen-bond donors (Lipinski definition) is 3. The Morgan fingerprint density at radius 3 is 2.34 bits per heavy atom. The molecule has 2 aromatic rings. The normalized spacial score (nSPS) is 16.0. The summed E-state index contributed by atoms with van der Waals surface area (Å²) in [5.74, 6) is 0.845. The van der Waals surface area contributed by atoms with Crippen molar-refractivity contribution in [1.82, 2.24) is 15.0 Å². The third kappa shape index (κ3) is 5.35. The first-order valence-corrected chi connectivity index (χ1v) is 12.2. The lowest BCUT2D eigenvalue weighted by atomic mass is 10.1. The molecule has 1 aromatic heterocycles. The average Bonchev–Trinajstić information content (AvgIpc) is 2.77. The van der Waals surface area contributed by atoms with Gasteiger partial charge >= 0.3 is 0 Å². The molecule has 0 amide bonds. The number of pyridine rings is 1. The number of hydrogen-bond acceptors (Lipinski definition) is 7. The molecular formula is C21H26Cl2N6O2S. The molecule has 8 nitrogen and oxygen atoms in total. The van der Waals surface area contributed by atoms with Gasteiger partial charge in [0.1, 0.15) is 10.7 Å². The zero-order chi connectivity index (χ0) is 23.5. The predicted molar refractivity (Wildman–Crippen MR) is 131 cm³/mol. The summed E-state index contributed by atoms with van der Waals surface area (Å²) in [6, 6.07) is 6.94. The molecule has 172 valence electrons. The smallest absolute Gasteiger partial charge is 0.264 e. The summed E-state index contributed by atoms with van der Waals surface area (Å²) in [6.45, 7) is 6.74. The number of piperazine rings is 1. The molecule has 11 heteroatoms. The van der Waals surface area contributed by atoms with Crippen LogP contribution in [0.15, 0.2) is 51.7 Å². The standard InChI is InChI=1S/C21H26Cl2N6O2S/c1-13(24)20(14(2)25-3)28-32(30,31)21-17(22)10-16(11-18(21)23)15-4-5-27-19(12-15)29-8-6-26-7-9-29/h4-5,10-12,26,28H,6-9,24H2,1-3H3. The highest BCUT2D eigenvalue weighted by Gasteiger charge is 2.25. The molecule has 1 aromatic carbocycles. The van der Waals surface area contributed by atoms with Crippen LogP contribution >= 0.6 is 23.2 Å². The van der Waals surface area contributed by atoms with E-state index < -0.39 is 10.0 Å². The van der Waals surface area contributed by atoms with Gasteiger partial charge in [-0.3, -0.25) is 9.71 Å². The quantitative estimate of drug-likeness (QED) is 0.529. The Morgan fingerprint density at radius 1 is 1.16 bits per heavy atom. The molecule has 0 atom stereocenters. The van der Waals surface area contributed by atoms with Gasteiger partial charge < -0.3 is 16.0 Å². The summed E-state index contributed by atoms with van der Waals surface area (Å²) >= 11 is 12.8. The van der Waals surface area contributed by atoms with E-state index >= 15 is 0 Å². The van der Waals surface area contributed by atoms with Gasteiger partial charge in [-0.1, -0.05) is 23.2 Å². The largest absolute Gasteiger partial charge is 0.401 e. The number of nitrogens with zero attached hydrogens (tertiary/aromatic N) is 3. The SMILES string of the molecule is CN=C(C)C(NS(=O)(=O)c1c(Cl)cc(-c2ccnc(N3CCNCC3)c2)cc1Cl)=C(C)N. The van der Waals surface area contributed by atoms with Gasteiger partial charge in [0, 0.05) is 45.1 Å². The fourth-order valence-corrected chi connectivity index (χ4v) is 5.79. The van der Waals surface area contributed by atoms with Crippen molar-refractivity contribution in [2.75, 3.05) is 38.1 Å². The van der Waals surface area contributed by atoms with Crippen LogP contribution in [-0.4, -0.2) is 52.3 Å². The van der Waals surface area contributed by atoms with Crippen molar-refractivity contribution < 1.29 is 8.42 Å². The van der Waals surface area contributed by atoms with E-state index in [0.717, 1.165) is 37.6 Å². The average molecular weight is 497 g/mol. The molecule has 3 rings (SSSR count). The highest BCUT2D eigenvalue weighted by Crippen LogP contribution is 2.35. The fraction of sp³-hybridized carbons (Fsp3) is 0.333. The lowest BCUT2D eigenvalue weighted by Crippen LogP contribution is -2.43. The van der Waals surface area contributed by atoms with E-state index in [2.05, 4.69) is 24.9 Å². The summed E-state index contributed by atoms with van der Waals surface area (Å²) in [6.07, 6.45) is 1.72. The molecule has 0 radical (unpaired) electrons. The van der Waals surface area contributed by atoms with E-state index in [0.29, 0.717) is 11.3 Å². The zero-order valence-corrected chi connectivity index (χ0v) is 20.4. The molecule has 0 unspecified atom stereocenters. The summed E-state index contributed by atoms with van der Waals surface area (Å²) in [7, 11) is -2.56. The number of benzene rings is 1. The summed E-state index contributed by atoms with van der Waals surface area (Å²) in [5, 5.41) is 3.31. The van der Waals surface area contributed by atoms with E-state index in [1.54, 1.807) is 39.2 Å². The van der Waals surface area contributed by atoms with Crippen LogP contribution in [-0.2, 0) is 10.0 Å². The minimum Gasteiger partial charge on any atom is -0.401 e. The van der Waals surface area contributed by atoms with E-state index in [1.165, 1.54) is 0 Å². The van der Waals surface area contributed by atoms with Crippen molar-refractivity contribution in [2.24, 2.45) is 10.7 Å². The number of halogens is 2. The number of aliphatic imine (C=N–C) groups is 1. The first kappa shape index (κ1) is 24.3. The van der Waals surface area contributed by atoms with Crippen LogP contribution in [0.1, 0.15) is 13.8 Å². The maximum atomic E-state index is 13.1. The van der Waals surface area contributed by atoms with E-state index in [4.69, 9.17) is 28.9 Å². The van der Waals surface area contributed by atoms with Crippen LogP contribution in [0.2, 0.25) is 10.0 Å². The maximum Gasteiger partial charge on any atom is 0.264 e. The molecule has 1 saturated heterocycles. The molecule has 0 bridgehead atoms. The van der Waals surface area contributed by atoms with Crippen LogP contribution in [0.5, 0.6) is 0 Å². The van der Waals surface area contributed by atoms with E-state index in [9.17, 15) is 8.42 Å². The number of nitrogens with one attached hydrogen (secondary N) is 2. The van der Waals surface area contributed by atoms with E-state index in [-0.39, 0.29) is 26.3 Å². The molecule has 4 N–H and O–H groups in total. The van der Waals surface area contributed by atoms with Crippen LogP contribution in [0, 0.1) is 0 Å². The van der Waals surface area contributed by atoms with Crippen LogP contribution in [0.4, 0.5) is 5.82 Å². The Morgan fingerprint density at radius 2 is 1.78 bits per heavy atom. The molecule has 32 heavy (non-hydrogen) atoms. The third-order valence-electron chi connectivity index (χ3n) is 5.11. The predicted octanol–water partition coefficient (Wildman–Crippen LogP) is 3.02. The lowest BCUT2D eigenvalue weighted by Gasteiger charge is -2.28. The number of anilines is 1. The Kier molecular flexibility index (Phi) is 7.66. The topological polar surface area (TPSA) is 113 Å². The van der Waals surface area contributed by atoms with Gasteiger partial charge in [-0.25, -0.2) is 13.4 Å². The second-order valence-corrected chi connectivity index (χ2v) is 9.81. The number of aromatic nitrogens is 1. The molecule has 1 fully saturated rings. The molecule has 0 saturated carbocycles. The van der Waals surface area contributed by atoms with Crippen molar-refractivity contribution >= 4 is 44.8 Å². The molecule has 2 heterocycles. The van der Waals surface area contributed by atoms with Crippen LogP contribution in [0.25, 0.3) is 11.1 Å². The van der Waals surface area contributed by atoms with Crippen LogP contribution < -0.4 is 20.7 Å². The Balaban J connectivity index is 1.97. The first-order valence-electron chi connectivity index (χ1n) is 9.98. The minimum atomic E-state index is -4.11. The molecule has 1 aliphatic heterocycles. The van der Waals surface area contributed by atoms with Crippen molar-refractivity contribution in [3.63, 3.8) is 0 Å². The summed E-state index contributed by atoms with van der Waals surface area (Å²) in [4.78, 5) is 10.4. The number of nitrogens with two attached hydrogens (primary N) is 1. The zero-order valence-electron chi connectivity index (χ0n) is 18.1. The maximum absolute atomic E-state index is 13.1. The van der Waals surface area contributed by atoms with Gasteiger partial charge in [-0.05, 0) is 49.2 Å². The first-order chi connectivity index (χ1) is 15.1. The van der Waals surface area contributed by atoms with Gasteiger partial charge in [0.25, 0.3) is 10.0 Å². The molecule has 0 spiro atoms. The van der Waals surface area contributed by atoms with Gasteiger partial charge in [0.15, 0.2) is 0 Å². The highest BCUT2D eigenvalue weighted by atomic mass is 35.5. The minimum absolute atomic E-state index is 0.000601. The van der Waals surface area contributed by atoms with Crippen molar-refractivity contribution in [1.29, 1.82) is 0 Å². The fourth-order valence-electron chi connectivity index (χ4n) is 3.38. The second kappa shape index (κ2) is 10.1. The van der Waals surface area contributed by atoms with Gasteiger partial charge in [-0.2, -0.15) is 0 Å². The Bertz CT molecular complexity index is 1150. The van der Waals surface area contributed by atoms with Gasteiger partial charge in [0.05, 0.1) is 21.5 Å². The summed E-state index contributed by atoms with van der Waals surface area (Å²) in [5.41, 5.74) is 8.28. The van der Waals surface area contributed by atoms with Crippen molar-refractivity contribution in [2.45, 2.75) is 18.7 Å². The third-order valence-corrected chi connectivity index (χ3v) is 7.39. The Hall–Kier alpha value is -2.33.